The topological polar surface area (TPSA) is 72.9 Å². The number of esters is 1. The number of hydrogen-bond acceptors (Lipinski definition) is 5. The summed E-state index contributed by atoms with van der Waals surface area (Å²) in [4.78, 5) is 12.0. The fourth-order valence-electron chi connectivity index (χ4n) is 3.31. The summed E-state index contributed by atoms with van der Waals surface area (Å²) in [6, 6.07) is 19.4. The summed E-state index contributed by atoms with van der Waals surface area (Å²) >= 11 is 0. The van der Waals surface area contributed by atoms with Crippen LogP contribution in [0, 0.1) is 6.92 Å². The number of methoxy groups -OCH3 is 2. The van der Waals surface area contributed by atoms with Crippen molar-refractivity contribution in [2.45, 2.75) is 18.7 Å². The molecular weight excluding hydrogens is 414 g/mol. The third kappa shape index (κ3) is 4.56. The van der Waals surface area contributed by atoms with E-state index in [4.69, 9.17) is 9.47 Å². The highest BCUT2D eigenvalue weighted by molar-refractivity contribution is 7.92. The zero-order valence-electron chi connectivity index (χ0n) is 18.0. The Bertz CT molecular complexity index is 1170. The number of benzene rings is 3. The molecule has 0 aliphatic carbocycles. The largest absolute Gasteiger partial charge is 0.497 e. The van der Waals surface area contributed by atoms with Crippen molar-refractivity contribution >= 4 is 21.7 Å². The summed E-state index contributed by atoms with van der Waals surface area (Å²) in [5.74, 6) is 0.203. The van der Waals surface area contributed by atoms with Crippen molar-refractivity contribution in [2.24, 2.45) is 0 Å². The molecule has 0 aliphatic heterocycles. The first-order chi connectivity index (χ1) is 14.8. The molecule has 0 heterocycles. The van der Waals surface area contributed by atoms with Crippen LogP contribution in [0.5, 0.6) is 5.75 Å². The molecule has 0 saturated carbocycles. The minimum atomic E-state index is -3.86. The summed E-state index contributed by atoms with van der Waals surface area (Å²) in [5.41, 5.74) is 3.38. The molecule has 6 nitrogen and oxygen atoms in total. The van der Waals surface area contributed by atoms with Crippen LogP contribution < -0.4 is 9.04 Å². The predicted octanol–water partition coefficient (Wildman–Crippen LogP) is 4.67. The van der Waals surface area contributed by atoms with Gasteiger partial charge in [-0.2, -0.15) is 0 Å². The minimum Gasteiger partial charge on any atom is -0.497 e. The van der Waals surface area contributed by atoms with Gasteiger partial charge >= 0.3 is 5.97 Å². The van der Waals surface area contributed by atoms with E-state index < -0.39 is 16.0 Å². The SMILES string of the molecule is CCN(c1ccc(-c2ccc(OC)cc2)cc1)S(=O)(=O)c1ccc(C)c(C(=O)OC)c1. The first-order valence-corrected chi connectivity index (χ1v) is 11.2. The van der Waals surface area contributed by atoms with Gasteiger partial charge in [-0.3, -0.25) is 4.31 Å². The first-order valence-electron chi connectivity index (χ1n) is 9.78. The van der Waals surface area contributed by atoms with E-state index in [1.165, 1.54) is 23.5 Å². The van der Waals surface area contributed by atoms with E-state index in [0.29, 0.717) is 11.3 Å². The Kier molecular flexibility index (Phi) is 6.65. The van der Waals surface area contributed by atoms with E-state index in [1.807, 2.05) is 36.4 Å². The zero-order valence-corrected chi connectivity index (χ0v) is 18.8. The van der Waals surface area contributed by atoms with Crippen LogP contribution in [0.25, 0.3) is 11.1 Å². The van der Waals surface area contributed by atoms with E-state index in [0.717, 1.165) is 16.9 Å². The number of anilines is 1. The molecule has 0 unspecified atom stereocenters. The summed E-state index contributed by atoms with van der Waals surface area (Å²) in [7, 11) is -0.976. The summed E-state index contributed by atoms with van der Waals surface area (Å²) in [6.07, 6.45) is 0. The lowest BCUT2D eigenvalue weighted by molar-refractivity contribution is 0.0599. The van der Waals surface area contributed by atoms with Crippen molar-refractivity contribution in [1.82, 2.24) is 0 Å². The fraction of sp³-hybridized carbons (Fsp3) is 0.208. The number of nitrogens with zero attached hydrogens (tertiary/aromatic N) is 1. The van der Waals surface area contributed by atoms with E-state index in [-0.39, 0.29) is 17.0 Å². The van der Waals surface area contributed by atoms with Crippen LogP contribution >= 0.6 is 0 Å². The molecule has 0 radical (unpaired) electrons. The molecule has 0 fully saturated rings. The van der Waals surface area contributed by atoms with Crippen LogP contribution in [0.1, 0.15) is 22.8 Å². The molecule has 0 N–H and O–H groups in total. The van der Waals surface area contributed by atoms with Crippen molar-refractivity contribution < 1.29 is 22.7 Å². The fourth-order valence-corrected chi connectivity index (χ4v) is 4.81. The van der Waals surface area contributed by atoms with Crippen molar-refractivity contribution in [3.8, 4) is 16.9 Å². The summed E-state index contributed by atoms with van der Waals surface area (Å²) in [5, 5.41) is 0. The first kappa shape index (κ1) is 22.4. The Labute approximate surface area is 183 Å². The van der Waals surface area contributed by atoms with E-state index in [1.54, 1.807) is 39.2 Å². The predicted molar refractivity (Wildman–Crippen MR) is 121 cm³/mol. The molecule has 31 heavy (non-hydrogen) atoms. The lowest BCUT2D eigenvalue weighted by Gasteiger charge is -2.23. The standard InChI is InChI=1S/C24H25NO5S/c1-5-25(31(27,28)22-15-6-17(2)23(16-22)24(26)30-4)20-11-7-18(8-12-20)19-9-13-21(29-3)14-10-19/h6-16H,5H2,1-4H3. The van der Waals surface area contributed by atoms with Gasteiger partial charge < -0.3 is 9.47 Å². The lowest BCUT2D eigenvalue weighted by atomic mass is 10.1. The average Bonchev–Trinajstić information content (AvgIpc) is 2.79. The van der Waals surface area contributed by atoms with Gasteiger partial charge in [0.05, 0.1) is 30.4 Å². The maximum Gasteiger partial charge on any atom is 0.338 e. The number of ether oxygens (including phenoxy) is 2. The molecule has 0 aliphatic rings. The van der Waals surface area contributed by atoms with Crippen LogP contribution in [-0.2, 0) is 14.8 Å². The molecule has 0 atom stereocenters. The lowest BCUT2D eigenvalue weighted by Crippen LogP contribution is -2.31. The van der Waals surface area contributed by atoms with Crippen LogP contribution in [0.4, 0.5) is 5.69 Å². The van der Waals surface area contributed by atoms with E-state index in [2.05, 4.69) is 0 Å². The highest BCUT2D eigenvalue weighted by Crippen LogP contribution is 2.29. The van der Waals surface area contributed by atoms with Crippen molar-refractivity contribution in [3.63, 3.8) is 0 Å². The summed E-state index contributed by atoms with van der Waals surface area (Å²) in [6.45, 7) is 3.74. The quantitative estimate of drug-likeness (QED) is 0.500. The maximum absolute atomic E-state index is 13.3. The number of carbonyl (C=O) groups is 1. The molecule has 0 aromatic heterocycles. The molecule has 3 aromatic carbocycles. The Morgan fingerprint density at radius 3 is 2.00 bits per heavy atom. The summed E-state index contributed by atoms with van der Waals surface area (Å²) < 4.78 is 37.9. The van der Waals surface area contributed by atoms with Gasteiger partial charge in [0.15, 0.2) is 0 Å². The highest BCUT2D eigenvalue weighted by atomic mass is 32.2. The third-order valence-corrected chi connectivity index (χ3v) is 6.97. The molecule has 7 heteroatoms. The number of rotatable bonds is 7. The second-order valence-electron chi connectivity index (χ2n) is 6.91. The number of sulfonamides is 1. The van der Waals surface area contributed by atoms with Gasteiger partial charge in [-0.1, -0.05) is 30.3 Å². The van der Waals surface area contributed by atoms with Gasteiger partial charge in [0.1, 0.15) is 5.75 Å². The Morgan fingerprint density at radius 2 is 1.48 bits per heavy atom. The molecule has 3 rings (SSSR count). The van der Waals surface area contributed by atoms with Crippen molar-refractivity contribution in [2.75, 3.05) is 25.1 Å². The number of hydrogen-bond donors (Lipinski definition) is 0. The molecule has 0 bridgehead atoms. The Hall–Kier alpha value is -3.32. The molecule has 0 spiro atoms. The minimum absolute atomic E-state index is 0.0413. The van der Waals surface area contributed by atoms with Crippen LogP contribution in [0.3, 0.4) is 0 Å². The molecule has 0 saturated heterocycles. The van der Waals surface area contributed by atoms with Gasteiger partial charge in [0, 0.05) is 6.54 Å². The van der Waals surface area contributed by atoms with Gasteiger partial charge in [0.25, 0.3) is 10.0 Å². The molecule has 162 valence electrons. The monoisotopic (exact) mass is 439 g/mol. The van der Waals surface area contributed by atoms with E-state index >= 15 is 0 Å². The number of aryl methyl sites for hydroxylation is 1. The average molecular weight is 440 g/mol. The van der Waals surface area contributed by atoms with Crippen LogP contribution in [-0.4, -0.2) is 35.2 Å². The number of carbonyl (C=O) groups excluding carboxylic acids is 1. The molecular formula is C24H25NO5S. The second-order valence-corrected chi connectivity index (χ2v) is 8.78. The Morgan fingerprint density at radius 1 is 0.903 bits per heavy atom. The Balaban J connectivity index is 1.94. The van der Waals surface area contributed by atoms with Crippen molar-refractivity contribution in [3.05, 3.63) is 77.9 Å². The van der Waals surface area contributed by atoms with Crippen molar-refractivity contribution in [1.29, 1.82) is 0 Å². The van der Waals surface area contributed by atoms with Gasteiger partial charge in [-0.25, -0.2) is 13.2 Å². The third-order valence-electron chi connectivity index (χ3n) is 5.07. The second kappa shape index (κ2) is 9.22. The van der Waals surface area contributed by atoms with E-state index in [9.17, 15) is 13.2 Å². The smallest absolute Gasteiger partial charge is 0.338 e. The van der Waals surface area contributed by atoms with Crippen LogP contribution in [0.15, 0.2) is 71.6 Å². The van der Waals surface area contributed by atoms with Crippen LogP contribution in [0.2, 0.25) is 0 Å². The zero-order chi connectivity index (χ0) is 22.6. The van der Waals surface area contributed by atoms with Gasteiger partial charge in [-0.15, -0.1) is 0 Å². The highest BCUT2D eigenvalue weighted by Gasteiger charge is 2.25. The maximum atomic E-state index is 13.3. The van der Waals surface area contributed by atoms with Gasteiger partial charge in [0.2, 0.25) is 0 Å². The van der Waals surface area contributed by atoms with Gasteiger partial charge in [-0.05, 0) is 66.9 Å². The normalized spacial score (nSPS) is 11.1. The molecule has 0 amide bonds. The molecule has 3 aromatic rings.